The highest BCUT2D eigenvalue weighted by Gasteiger charge is 2.26. The number of nitrogens with two attached hydrogens (primary N) is 1. The molecular formula is C19H22N2O4. The van der Waals surface area contributed by atoms with Crippen LogP contribution >= 0.6 is 0 Å². The van der Waals surface area contributed by atoms with Crippen LogP contribution in [0.15, 0.2) is 42.5 Å². The number of amides is 2. The highest BCUT2D eigenvalue weighted by molar-refractivity contribution is 6.08. The van der Waals surface area contributed by atoms with Crippen LogP contribution in [0.25, 0.3) is 10.8 Å². The molecule has 0 fully saturated rings. The van der Waals surface area contributed by atoms with Gasteiger partial charge in [-0.3, -0.25) is 14.4 Å². The maximum absolute atomic E-state index is 12.6. The first-order chi connectivity index (χ1) is 11.9. The Morgan fingerprint density at radius 1 is 1.12 bits per heavy atom. The third-order valence-corrected chi connectivity index (χ3v) is 3.96. The highest BCUT2D eigenvalue weighted by Crippen LogP contribution is 2.19. The van der Waals surface area contributed by atoms with Gasteiger partial charge >= 0.3 is 5.97 Å². The Hall–Kier alpha value is -2.89. The van der Waals surface area contributed by atoms with Crippen LogP contribution in [0.3, 0.4) is 0 Å². The first-order valence-electron chi connectivity index (χ1n) is 8.18. The molecule has 0 spiro atoms. The number of carbonyl (C=O) groups is 3. The zero-order valence-corrected chi connectivity index (χ0v) is 14.3. The molecule has 0 heterocycles. The minimum atomic E-state index is -0.953. The number of esters is 1. The Balaban J connectivity index is 2.17. The summed E-state index contributed by atoms with van der Waals surface area (Å²) in [5, 5.41) is 4.34. The van der Waals surface area contributed by atoms with Gasteiger partial charge in [0.2, 0.25) is 5.91 Å². The van der Waals surface area contributed by atoms with E-state index in [9.17, 15) is 14.4 Å². The van der Waals surface area contributed by atoms with Gasteiger partial charge < -0.3 is 15.8 Å². The van der Waals surface area contributed by atoms with Crippen molar-refractivity contribution in [2.75, 3.05) is 6.61 Å². The lowest BCUT2D eigenvalue weighted by Gasteiger charge is -2.19. The summed E-state index contributed by atoms with van der Waals surface area (Å²) in [6, 6.07) is 11.9. The molecule has 2 amide bonds. The van der Waals surface area contributed by atoms with E-state index in [0.717, 1.165) is 10.8 Å². The van der Waals surface area contributed by atoms with Crippen molar-refractivity contribution >= 4 is 28.6 Å². The summed E-state index contributed by atoms with van der Waals surface area (Å²) >= 11 is 0. The molecule has 0 bridgehead atoms. The quantitative estimate of drug-likeness (QED) is 0.752. The Morgan fingerprint density at radius 3 is 2.48 bits per heavy atom. The number of carbonyl (C=O) groups excluding carboxylic acids is 3. The highest BCUT2D eigenvalue weighted by atomic mass is 16.5. The zero-order chi connectivity index (χ0) is 18.4. The number of fused-ring (bicyclic) bond motifs is 1. The second-order valence-corrected chi connectivity index (χ2v) is 5.84. The molecule has 2 atom stereocenters. The van der Waals surface area contributed by atoms with Gasteiger partial charge in [0.15, 0.2) is 0 Å². The van der Waals surface area contributed by atoms with E-state index in [4.69, 9.17) is 10.5 Å². The molecule has 0 radical (unpaired) electrons. The van der Waals surface area contributed by atoms with E-state index < -0.39 is 29.7 Å². The van der Waals surface area contributed by atoms with Gasteiger partial charge in [0.1, 0.15) is 6.04 Å². The Labute approximate surface area is 146 Å². The van der Waals surface area contributed by atoms with Gasteiger partial charge in [0.25, 0.3) is 5.91 Å². The number of ether oxygens (including phenoxy) is 1. The summed E-state index contributed by atoms with van der Waals surface area (Å²) in [6.07, 6.45) is 0.0880. The molecule has 0 aliphatic heterocycles. The SMILES string of the molecule is CCOC(=O)[C@H](C)C[C@H](NC(=O)c1cccc2ccccc12)C(N)=O. The van der Waals surface area contributed by atoms with E-state index in [0.29, 0.717) is 5.56 Å². The number of hydrogen-bond donors (Lipinski definition) is 2. The third kappa shape index (κ3) is 4.56. The minimum Gasteiger partial charge on any atom is -0.466 e. The smallest absolute Gasteiger partial charge is 0.308 e. The lowest BCUT2D eigenvalue weighted by molar-refractivity contribution is -0.147. The fraction of sp³-hybridized carbons (Fsp3) is 0.316. The number of primary amides is 1. The van der Waals surface area contributed by atoms with E-state index in [1.807, 2.05) is 30.3 Å². The second-order valence-electron chi connectivity index (χ2n) is 5.84. The van der Waals surface area contributed by atoms with Crippen LogP contribution in [0.5, 0.6) is 0 Å². The predicted molar refractivity (Wildman–Crippen MR) is 94.8 cm³/mol. The number of nitrogens with one attached hydrogen (secondary N) is 1. The molecule has 6 heteroatoms. The third-order valence-electron chi connectivity index (χ3n) is 3.96. The van der Waals surface area contributed by atoms with Crippen LogP contribution in [-0.4, -0.2) is 30.4 Å². The monoisotopic (exact) mass is 342 g/mol. The van der Waals surface area contributed by atoms with Crippen molar-refractivity contribution in [3.8, 4) is 0 Å². The Bertz CT molecular complexity index is 783. The van der Waals surface area contributed by atoms with Crippen LogP contribution in [0.4, 0.5) is 0 Å². The van der Waals surface area contributed by atoms with Crippen LogP contribution < -0.4 is 11.1 Å². The molecule has 2 aromatic carbocycles. The molecule has 6 nitrogen and oxygen atoms in total. The van der Waals surface area contributed by atoms with Crippen molar-refractivity contribution in [1.82, 2.24) is 5.32 Å². The van der Waals surface area contributed by atoms with Crippen molar-refractivity contribution in [3.05, 3.63) is 48.0 Å². The lowest BCUT2D eigenvalue weighted by atomic mass is 10.00. The van der Waals surface area contributed by atoms with E-state index in [-0.39, 0.29) is 13.0 Å². The molecule has 0 aliphatic carbocycles. The largest absolute Gasteiger partial charge is 0.466 e. The summed E-state index contributed by atoms with van der Waals surface area (Å²) < 4.78 is 4.93. The van der Waals surface area contributed by atoms with E-state index in [1.54, 1.807) is 26.0 Å². The van der Waals surface area contributed by atoms with Crippen LogP contribution in [0, 0.1) is 5.92 Å². The average Bonchev–Trinajstić information content (AvgIpc) is 2.60. The van der Waals surface area contributed by atoms with Crippen molar-refractivity contribution in [3.63, 3.8) is 0 Å². The average molecular weight is 342 g/mol. The minimum absolute atomic E-state index is 0.0880. The van der Waals surface area contributed by atoms with E-state index in [2.05, 4.69) is 5.32 Å². The van der Waals surface area contributed by atoms with Gasteiger partial charge in [-0.1, -0.05) is 43.3 Å². The standard InChI is InChI=1S/C19H22N2O4/c1-3-25-19(24)12(2)11-16(17(20)22)21-18(23)15-10-6-8-13-7-4-5-9-14(13)15/h4-10,12,16H,3,11H2,1-2H3,(H2,20,22)(H,21,23)/t12-,16+/m1/s1. The van der Waals surface area contributed by atoms with Crippen LogP contribution in [0.2, 0.25) is 0 Å². The molecule has 2 rings (SSSR count). The first kappa shape index (κ1) is 18.4. The summed E-state index contributed by atoms with van der Waals surface area (Å²) in [7, 11) is 0. The van der Waals surface area contributed by atoms with Gasteiger partial charge in [-0.2, -0.15) is 0 Å². The van der Waals surface area contributed by atoms with E-state index >= 15 is 0 Å². The molecule has 3 N–H and O–H groups in total. The maximum Gasteiger partial charge on any atom is 0.308 e. The molecule has 25 heavy (non-hydrogen) atoms. The number of rotatable bonds is 7. The van der Waals surface area contributed by atoms with Crippen molar-refractivity contribution in [2.24, 2.45) is 11.7 Å². The molecule has 0 saturated heterocycles. The molecule has 0 unspecified atom stereocenters. The van der Waals surface area contributed by atoms with Crippen molar-refractivity contribution in [1.29, 1.82) is 0 Å². The van der Waals surface area contributed by atoms with Gasteiger partial charge in [0.05, 0.1) is 12.5 Å². The summed E-state index contributed by atoms with van der Waals surface area (Å²) in [6.45, 7) is 3.60. The normalized spacial score (nSPS) is 13.0. The maximum atomic E-state index is 12.6. The molecule has 0 aromatic heterocycles. The molecule has 0 saturated carbocycles. The van der Waals surface area contributed by atoms with Gasteiger partial charge in [-0.25, -0.2) is 0 Å². The fourth-order valence-corrected chi connectivity index (χ4v) is 2.64. The molecular weight excluding hydrogens is 320 g/mol. The van der Waals surface area contributed by atoms with E-state index in [1.165, 1.54) is 0 Å². The summed E-state index contributed by atoms with van der Waals surface area (Å²) in [5.74, 6) is -2.07. The number of benzene rings is 2. The zero-order valence-electron chi connectivity index (χ0n) is 14.3. The summed E-state index contributed by atoms with van der Waals surface area (Å²) in [5.41, 5.74) is 5.84. The topological polar surface area (TPSA) is 98.5 Å². The number of hydrogen-bond acceptors (Lipinski definition) is 4. The predicted octanol–water partition coefficient (Wildman–Crippen LogP) is 2.01. The van der Waals surface area contributed by atoms with Gasteiger partial charge in [-0.15, -0.1) is 0 Å². The second kappa shape index (κ2) is 8.28. The van der Waals surface area contributed by atoms with Crippen LogP contribution in [-0.2, 0) is 14.3 Å². The van der Waals surface area contributed by atoms with Gasteiger partial charge in [0, 0.05) is 5.56 Å². The summed E-state index contributed by atoms with van der Waals surface area (Å²) in [4.78, 5) is 36.1. The van der Waals surface area contributed by atoms with Crippen LogP contribution in [0.1, 0.15) is 30.6 Å². The Morgan fingerprint density at radius 2 is 1.80 bits per heavy atom. The lowest BCUT2D eigenvalue weighted by Crippen LogP contribution is -2.46. The first-order valence-corrected chi connectivity index (χ1v) is 8.18. The molecule has 2 aromatic rings. The van der Waals surface area contributed by atoms with Crippen molar-refractivity contribution in [2.45, 2.75) is 26.3 Å². The van der Waals surface area contributed by atoms with Gasteiger partial charge in [-0.05, 0) is 30.2 Å². The van der Waals surface area contributed by atoms with Crippen molar-refractivity contribution < 1.29 is 19.1 Å². The molecule has 0 aliphatic rings. The fourth-order valence-electron chi connectivity index (χ4n) is 2.64. The molecule has 132 valence electrons. The Kier molecular flexibility index (Phi) is 6.11.